The maximum Gasteiger partial charge on any atom is 0.154 e. The number of nitrogens with two attached hydrogens (primary N) is 1. The molecule has 1 aromatic carbocycles. The maximum absolute atomic E-state index is 6.10. The molecule has 118 valence electrons. The second-order valence-electron chi connectivity index (χ2n) is 6.32. The van der Waals surface area contributed by atoms with E-state index in [4.69, 9.17) is 10.8 Å². The minimum absolute atomic E-state index is 0.236. The van der Waals surface area contributed by atoms with Gasteiger partial charge in [-0.25, -0.2) is 9.50 Å². The molecule has 1 fully saturated rings. The Labute approximate surface area is 135 Å². The minimum Gasteiger partial charge on any atom is -0.354 e. The lowest BCUT2D eigenvalue weighted by atomic mass is 10.1. The number of hydrogen-bond acceptors (Lipinski definition) is 4. The van der Waals surface area contributed by atoms with Gasteiger partial charge in [0, 0.05) is 24.7 Å². The summed E-state index contributed by atoms with van der Waals surface area (Å²) >= 11 is 0. The number of aryl methyl sites for hydroxylation is 1. The number of benzene rings is 1. The van der Waals surface area contributed by atoms with Crippen LogP contribution in [0.1, 0.15) is 18.4 Å². The number of hydrogen-bond donors (Lipinski definition) is 1. The van der Waals surface area contributed by atoms with Crippen LogP contribution in [0.15, 0.2) is 42.6 Å². The Hall–Kier alpha value is -2.40. The van der Waals surface area contributed by atoms with E-state index in [2.05, 4.69) is 41.1 Å². The molecular formula is C18H21N5. The molecule has 4 rings (SSSR count). The van der Waals surface area contributed by atoms with Gasteiger partial charge in [-0.1, -0.05) is 23.8 Å². The van der Waals surface area contributed by atoms with Crippen molar-refractivity contribution in [2.75, 3.05) is 18.0 Å². The van der Waals surface area contributed by atoms with Crippen molar-refractivity contribution in [2.45, 2.75) is 25.8 Å². The molecule has 0 saturated carbocycles. The maximum atomic E-state index is 6.10. The van der Waals surface area contributed by atoms with Gasteiger partial charge in [-0.2, -0.15) is 0 Å². The SMILES string of the molecule is Cc1cccc(-c2cnc3ccc(N4CCCC(N)C4)nn23)c1. The number of imidazole rings is 1. The molecule has 0 spiro atoms. The summed E-state index contributed by atoms with van der Waals surface area (Å²) in [4.78, 5) is 6.75. The van der Waals surface area contributed by atoms with Gasteiger partial charge in [-0.3, -0.25) is 0 Å². The average molecular weight is 307 g/mol. The Morgan fingerprint density at radius 3 is 2.96 bits per heavy atom. The summed E-state index contributed by atoms with van der Waals surface area (Å²) in [5, 5.41) is 4.82. The molecule has 5 nitrogen and oxygen atoms in total. The zero-order valence-corrected chi connectivity index (χ0v) is 13.3. The van der Waals surface area contributed by atoms with Crippen molar-refractivity contribution < 1.29 is 0 Å². The fraction of sp³-hybridized carbons (Fsp3) is 0.333. The van der Waals surface area contributed by atoms with Gasteiger partial charge >= 0.3 is 0 Å². The molecule has 1 aliphatic heterocycles. The lowest BCUT2D eigenvalue weighted by molar-refractivity contribution is 0.501. The highest BCUT2D eigenvalue weighted by molar-refractivity contribution is 5.64. The van der Waals surface area contributed by atoms with Crippen LogP contribution in [-0.2, 0) is 0 Å². The van der Waals surface area contributed by atoms with E-state index in [0.717, 1.165) is 48.7 Å². The zero-order chi connectivity index (χ0) is 15.8. The van der Waals surface area contributed by atoms with E-state index >= 15 is 0 Å². The van der Waals surface area contributed by atoms with Gasteiger partial charge in [0.25, 0.3) is 0 Å². The number of rotatable bonds is 2. The van der Waals surface area contributed by atoms with Crippen LogP contribution < -0.4 is 10.6 Å². The summed E-state index contributed by atoms with van der Waals surface area (Å²) in [7, 11) is 0. The molecule has 5 heteroatoms. The van der Waals surface area contributed by atoms with Crippen molar-refractivity contribution in [3.8, 4) is 11.3 Å². The van der Waals surface area contributed by atoms with Crippen LogP contribution >= 0.6 is 0 Å². The fourth-order valence-corrected chi connectivity index (χ4v) is 3.25. The van der Waals surface area contributed by atoms with Gasteiger partial charge in [-0.15, -0.1) is 5.10 Å². The topological polar surface area (TPSA) is 59.5 Å². The first-order valence-electron chi connectivity index (χ1n) is 8.13. The Morgan fingerprint density at radius 1 is 1.22 bits per heavy atom. The molecular weight excluding hydrogens is 286 g/mol. The first kappa shape index (κ1) is 14.2. The lowest BCUT2D eigenvalue weighted by Crippen LogP contribution is -2.43. The van der Waals surface area contributed by atoms with Crippen LogP contribution in [0.3, 0.4) is 0 Å². The highest BCUT2D eigenvalue weighted by Crippen LogP contribution is 2.23. The molecule has 1 atom stereocenters. The summed E-state index contributed by atoms with van der Waals surface area (Å²) in [5.41, 5.74) is 10.4. The number of piperidine rings is 1. The van der Waals surface area contributed by atoms with Crippen LogP contribution in [0.4, 0.5) is 5.82 Å². The standard InChI is InChI=1S/C18H21N5/c1-13-4-2-5-14(10-13)16-11-20-17-7-8-18(21-23(16)17)22-9-3-6-15(19)12-22/h2,4-5,7-8,10-11,15H,3,6,9,12,19H2,1H3. The summed E-state index contributed by atoms with van der Waals surface area (Å²) < 4.78 is 1.93. The molecule has 3 heterocycles. The lowest BCUT2D eigenvalue weighted by Gasteiger charge is -2.31. The smallest absolute Gasteiger partial charge is 0.154 e. The van der Waals surface area contributed by atoms with E-state index < -0.39 is 0 Å². The van der Waals surface area contributed by atoms with Gasteiger partial charge in [0.1, 0.15) is 5.82 Å². The van der Waals surface area contributed by atoms with E-state index in [0.29, 0.717) is 0 Å². The molecule has 1 saturated heterocycles. The van der Waals surface area contributed by atoms with Crippen molar-refractivity contribution in [2.24, 2.45) is 5.73 Å². The number of nitrogens with zero attached hydrogens (tertiary/aromatic N) is 4. The third-order valence-corrected chi connectivity index (χ3v) is 4.44. The molecule has 23 heavy (non-hydrogen) atoms. The fourth-order valence-electron chi connectivity index (χ4n) is 3.25. The van der Waals surface area contributed by atoms with Crippen molar-refractivity contribution >= 4 is 11.5 Å². The number of fused-ring (bicyclic) bond motifs is 1. The monoisotopic (exact) mass is 307 g/mol. The molecule has 1 aliphatic rings. The Kier molecular flexibility index (Phi) is 3.50. The predicted molar refractivity (Wildman–Crippen MR) is 92.6 cm³/mol. The second kappa shape index (κ2) is 5.66. The molecule has 0 radical (unpaired) electrons. The summed E-state index contributed by atoms with van der Waals surface area (Å²) in [6.07, 6.45) is 4.11. The van der Waals surface area contributed by atoms with E-state index in [1.54, 1.807) is 0 Å². The van der Waals surface area contributed by atoms with Crippen LogP contribution in [0.5, 0.6) is 0 Å². The van der Waals surface area contributed by atoms with Crippen molar-refractivity contribution in [3.63, 3.8) is 0 Å². The van der Waals surface area contributed by atoms with Gasteiger partial charge in [0.15, 0.2) is 5.65 Å². The Bertz CT molecular complexity index is 838. The van der Waals surface area contributed by atoms with E-state index in [1.807, 2.05) is 22.8 Å². The summed E-state index contributed by atoms with van der Waals surface area (Å²) in [5.74, 6) is 0.972. The van der Waals surface area contributed by atoms with Crippen LogP contribution in [-0.4, -0.2) is 33.7 Å². The highest BCUT2D eigenvalue weighted by atomic mass is 15.3. The number of aromatic nitrogens is 3. The first-order valence-corrected chi connectivity index (χ1v) is 8.13. The summed E-state index contributed by atoms with van der Waals surface area (Å²) in [6, 6.07) is 12.7. The molecule has 2 N–H and O–H groups in total. The average Bonchev–Trinajstić information content (AvgIpc) is 2.98. The van der Waals surface area contributed by atoms with Crippen LogP contribution in [0, 0.1) is 6.92 Å². The molecule has 3 aromatic rings. The Balaban J connectivity index is 1.77. The minimum atomic E-state index is 0.236. The quantitative estimate of drug-likeness (QED) is 0.790. The van der Waals surface area contributed by atoms with Crippen molar-refractivity contribution in [1.29, 1.82) is 0 Å². The predicted octanol–water partition coefficient (Wildman–Crippen LogP) is 2.63. The third kappa shape index (κ3) is 2.68. The largest absolute Gasteiger partial charge is 0.354 e. The van der Waals surface area contributed by atoms with Crippen molar-refractivity contribution in [1.82, 2.24) is 14.6 Å². The van der Waals surface area contributed by atoms with E-state index in [-0.39, 0.29) is 6.04 Å². The van der Waals surface area contributed by atoms with Crippen LogP contribution in [0.25, 0.3) is 16.9 Å². The van der Waals surface area contributed by atoms with E-state index in [1.165, 1.54) is 5.56 Å². The highest BCUT2D eigenvalue weighted by Gasteiger charge is 2.19. The van der Waals surface area contributed by atoms with Gasteiger partial charge < -0.3 is 10.6 Å². The normalized spacial score (nSPS) is 18.5. The molecule has 1 unspecified atom stereocenters. The zero-order valence-electron chi connectivity index (χ0n) is 13.3. The van der Waals surface area contributed by atoms with Crippen molar-refractivity contribution in [3.05, 3.63) is 48.2 Å². The third-order valence-electron chi connectivity index (χ3n) is 4.44. The molecule has 0 amide bonds. The number of anilines is 1. The Morgan fingerprint density at radius 2 is 2.13 bits per heavy atom. The van der Waals surface area contributed by atoms with Gasteiger partial charge in [0.2, 0.25) is 0 Å². The van der Waals surface area contributed by atoms with Crippen LogP contribution in [0.2, 0.25) is 0 Å². The molecule has 0 bridgehead atoms. The van der Waals surface area contributed by atoms with E-state index in [9.17, 15) is 0 Å². The molecule has 2 aromatic heterocycles. The summed E-state index contributed by atoms with van der Waals surface area (Å²) in [6.45, 7) is 3.98. The van der Waals surface area contributed by atoms with Gasteiger partial charge in [-0.05, 0) is 38.0 Å². The first-order chi connectivity index (χ1) is 11.2. The van der Waals surface area contributed by atoms with Gasteiger partial charge in [0.05, 0.1) is 11.9 Å². The second-order valence-corrected chi connectivity index (χ2v) is 6.32. The molecule has 0 aliphatic carbocycles.